The minimum atomic E-state index is -3.49. The number of methoxy groups -OCH3 is 1. The maximum absolute atomic E-state index is 12.1. The lowest BCUT2D eigenvalue weighted by molar-refractivity contribution is 0.415. The van der Waals surface area contributed by atoms with E-state index in [2.05, 4.69) is 0 Å². The van der Waals surface area contributed by atoms with Crippen LogP contribution in [0.4, 0.5) is 5.69 Å². The van der Waals surface area contributed by atoms with E-state index in [9.17, 15) is 8.42 Å². The number of halogens is 2. The van der Waals surface area contributed by atoms with Crippen LogP contribution in [-0.2, 0) is 16.6 Å². The second-order valence-corrected chi connectivity index (χ2v) is 7.39. The fourth-order valence-corrected chi connectivity index (χ4v) is 3.36. The van der Waals surface area contributed by atoms with E-state index in [-0.39, 0.29) is 6.54 Å². The first-order valence-corrected chi connectivity index (χ1v) is 8.98. The molecule has 0 aliphatic rings. The van der Waals surface area contributed by atoms with Crippen LogP contribution in [0.2, 0.25) is 10.0 Å². The van der Waals surface area contributed by atoms with Crippen molar-refractivity contribution >= 4 is 38.9 Å². The van der Waals surface area contributed by atoms with Gasteiger partial charge in [0.2, 0.25) is 10.0 Å². The molecule has 0 saturated heterocycles. The molecule has 22 heavy (non-hydrogen) atoms. The van der Waals surface area contributed by atoms with Gasteiger partial charge >= 0.3 is 0 Å². The van der Waals surface area contributed by atoms with Gasteiger partial charge in [-0.1, -0.05) is 29.3 Å². The van der Waals surface area contributed by atoms with Crippen molar-refractivity contribution in [3.05, 3.63) is 58.1 Å². The van der Waals surface area contributed by atoms with Crippen LogP contribution in [0.25, 0.3) is 0 Å². The topological polar surface area (TPSA) is 46.6 Å². The predicted octanol–water partition coefficient (Wildman–Crippen LogP) is 3.97. The van der Waals surface area contributed by atoms with Crippen molar-refractivity contribution in [2.45, 2.75) is 6.54 Å². The molecule has 2 aromatic rings. The SMILES string of the molecule is COc1ccc(N(Cc2c(Cl)cccc2Cl)S(C)(=O)=O)cc1. The summed E-state index contributed by atoms with van der Waals surface area (Å²) in [6.07, 6.45) is 1.14. The quantitative estimate of drug-likeness (QED) is 0.811. The first kappa shape index (κ1) is 16.9. The molecular formula is C15H15Cl2NO3S. The average Bonchev–Trinajstić information content (AvgIpc) is 2.46. The predicted molar refractivity (Wildman–Crippen MR) is 90.5 cm³/mol. The molecule has 0 N–H and O–H groups in total. The molecule has 0 heterocycles. The number of sulfonamides is 1. The van der Waals surface area contributed by atoms with Crippen molar-refractivity contribution in [3.8, 4) is 5.75 Å². The Morgan fingerprint density at radius 3 is 2.05 bits per heavy atom. The van der Waals surface area contributed by atoms with E-state index in [1.165, 1.54) is 4.31 Å². The number of ether oxygens (including phenoxy) is 1. The first-order chi connectivity index (χ1) is 10.3. The molecule has 0 bridgehead atoms. The summed E-state index contributed by atoms with van der Waals surface area (Å²) < 4.78 is 30.6. The molecule has 0 unspecified atom stereocenters. The fourth-order valence-electron chi connectivity index (χ4n) is 1.98. The molecule has 0 atom stereocenters. The number of anilines is 1. The highest BCUT2D eigenvalue weighted by Crippen LogP contribution is 2.29. The molecule has 0 fully saturated rings. The summed E-state index contributed by atoms with van der Waals surface area (Å²) >= 11 is 12.3. The summed E-state index contributed by atoms with van der Waals surface area (Å²) in [6.45, 7) is 0.0592. The van der Waals surface area contributed by atoms with Gasteiger partial charge in [-0.25, -0.2) is 8.42 Å². The van der Waals surface area contributed by atoms with Gasteiger partial charge in [-0.3, -0.25) is 4.31 Å². The smallest absolute Gasteiger partial charge is 0.232 e. The fraction of sp³-hybridized carbons (Fsp3) is 0.200. The molecule has 118 valence electrons. The maximum Gasteiger partial charge on any atom is 0.232 e. The average molecular weight is 360 g/mol. The Kier molecular flexibility index (Phi) is 5.21. The van der Waals surface area contributed by atoms with Crippen LogP contribution in [0.1, 0.15) is 5.56 Å². The van der Waals surface area contributed by atoms with Crippen LogP contribution in [0.5, 0.6) is 5.75 Å². The van der Waals surface area contributed by atoms with Crippen LogP contribution in [0.3, 0.4) is 0 Å². The number of benzene rings is 2. The standard InChI is InChI=1S/C15H15Cl2NO3S/c1-21-12-8-6-11(7-9-12)18(22(2,19)20)10-13-14(16)4-3-5-15(13)17/h3-9H,10H2,1-2H3. The second-order valence-electron chi connectivity index (χ2n) is 4.67. The molecule has 0 aromatic heterocycles. The van der Waals surface area contributed by atoms with E-state index in [0.717, 1.165) is 6.26 Å². The van der Waals surface area contributed by atoms with Crippen LogP contribution in [0, 0.1) is 0 Å². The van der Waals surface area contributed by atoms with Crippen molar-refractivity contribution in [2.75, 3.05) is 17.7 Å². The van der Waals surface area contributed by atoms with Gasteiger partial charge in [0.1, 0.15) is 5.75 Å². The number of hydrogen-bond donors (Lipinski definition) is 0. The Morgan fingerprint density at radius 2 is 1.59 bits per heavy atom. The molecule has 0 saturated carbocycles. The monoisotopic (exact) mass is 359 g/mol. The lowest BCUT2D eigenvalue weighted by atomic mass is 10.2. The van der Waals surface area contributed by atoms with Crippen molar-refractivity contribution < 1.29 is 13.2 Å². The third-order valence-corrected chi connectivity index (χ3v) is 4.97. The Balaban J connectivity index is 2.43. The van der Waals surface area contributed by atoms with E-state index in [4.69, 9.17) is 27.9 Å². The third-order valence-electron chi connectivity index (χ3n) is 3.12. The van der Waals surface area contributed by atoms with Gasteiger partial charge in [0.25, 0.3) is 0 Å². The molecule has 0 aliphatic carbocycles. The van der Waals surface area contributed by atoms with Gasteiger partial charge in [-0.15, -0.1) is 0 Å². The molecule has 7 heteroatoms. The zero-order valence-corrected chi connectivity index (χ0v) is 14.4. The largest absolute Gasteiger partial charge is 0.497 e. The molecule has 2 rings (SSSR count). The molecule has 0 aliphatic heterocycles. The number of hydrogen-bond acceptors (Lipinski definition) is 3. The third kappa shape index (κ3) is 3.85. The Labute approximate surface area is 140 Å². The Bertz CT molecular complexity index is 741. The van der Waals surface area contributed by atoms with Gasteiger partial charge in [0.15, 0.2) is 0 Å². The molecule has 0 spiro atoms. The highest BCUT2D eigenvalue weighted by Gasteiger charge is 2.20. The zero-order valence-electron chi connectivity index (χ0n) is 12.1. The maximum atomic E-state index is 12.1. The Morgan fingerprint density at radius 1 is 1.05 bits per heavy atom. The molecule has 0 amide bonds. The highest BCUT2D eigenvalue weighted by atomic mass is 35.5. The summed E-state index contributed by atoms with van der Waals surface area (Å²) in [5.74, 6) is 0.646. The Hall–Kier alpha value is -1.43. The van der Waals surface area contributed by atoms with Gasteiger partial charge < -0.3 is 4.74 Å². The summed E-state index contributed by atoms with van der Waals surface area (Å²) in [4.78, 5) is 0. The highest BCUT2D eigenvalue weighted by molar-refractivity contribution is 7.92. The van der Waals surface area contributed by atoms with Crippen molar-refractivity contribution in [2.24, 2.45) is 0 Å². The summed E-state index contributed by atoms with van der Waals surface area (Å²) in [6, 6.07) is 11.8. The minimum absolute atomic E-state index is 0.0592. The van der Waals surface area contributed by atoms with Crippen molar-refractivity contribution in [1.29, 1.82) is 0 Å². The minimum Gasteiger partial charge on any atom is -0.497 e. The normalized spacial score (nSPS) is 11.3. The van der Waals surface area contributed by atoms with Crippen LogP contribution in [0.15, 0.2) is 42.5 Å². The molecular weight excluding hydrogens is 345 g/mol. The van der Waals surface area contributed by atoms with E-state index in [1.807, 2.05) is 0 Å². The van der Waals surface area contributed by atoms with Crippen molar-refractivity contribution in [3.63, 3.8) is 0 Å². The van der Waals surface area contributed by atoms with Gasteiger partial charge in [-0.05, 0) is 36.4 Å². The van der Waals surface area contributed by atoms with E-state index in [0.29, 0.717) is 27.0 Å². The number of rotatable bonds is 5. The van der Waals surface area contributed by atoms with Crippen LogP contribution in [-0.4, -0.2) is 21.8 Å². The van der Waals surface area contributed by atoms with Crippen LogP contribution < -0.4 is 9.04 Å². The number of nitrogens with zero attached hydrogens (tertiary/aromatic N) is 1. The summed E-state index contributed by atoms with van der Waals surface area (Å²) in [5, 5.41) is 0.851. The summed E-state index contributed by atoms with van der Waals surface area (Å²) in [5.41, 5.74) is 1.08. The van der Waals surface area contributed by atoms with Gasteiger partial charge in [0.05, 0.1) is 25.6 Å². The summed E-state index contributed by atoms with van der Waals surface area (Å²) in [7, 11) is -1.95. The molecule has 2 aromatic carbocycles. The van der Waals surface area contributed by atoms with Crippen LogP contribution >= 0.6 is 23.2 Å². The van der Waals surface area contributed by atoms with Gasteiger partial charge in [-0.2, -0.15) is 0 Å². The molecule has 4 nitrogen and oxygen atoms in total. The van der Waals surface area contributed by atoms with Crippen molar-refractivity contribution in [1.82, 2.24) is 0 Å². The lowest BCUT2D eigenvalue weighted by Gasteiger charge is -2.23. The first-order valence-electron chi connectivity index (χ1n) is 6.37. The van der Waals surface area contributed by atoms with Gasteiger partial charge in [0, 0.05) is 15.6 Å². The zero-order chi connectivity index (χ0) is 16.3. The molecule has 0 radical (unpaired) electrons. The van der Waals surface area contributed by atoms with E-state index >= 15 is 0 Å². The second kappa shape index (κ2) is 6.77. The van der Waals surface area contributed by atoms with E-state index < -0.39 is 10.0 Å². The lowest BCUT2D eigenvalue weighted by Crippen LogP contribution is -2.29. The van der Waals surface area contributed by atoms with E-state index in [1.54, 1.807) is 49.6 Å².